The van der Waals surface area contributed by atoms with Gasteiger partial charge in [-0.25, -0.2) is 0 Å². The molecule has 1 aliphatic heterocycles. The Labute approximate surface area is 110 Å². The molecule has 2 fully saturated rings. The standard InChI is InChI=1S/C13H16N4O2/c1-2-11(12-14-13(19-16-12)9-3-4-9)17(6-1)8-10-5-7-18-15-10/h5,7,9,11H,1-4,6,8H2/t11-/m0/s1. The second-order valence-corrected chi connectivity index (χ2v) is 5.38. The Hall–Kier alpha value is -1.69. The third-order valence-electron chi connectivity index (χ3n) is 3.90. The van der Waals surface area contributed by atoms with Crippen LogP contribution < -0.4 is 0 Å². The monoisotopic (exact) mass is 260 g/mol. The lowest BCUT2D eigenvalue weighted by Gasteiger charge is -2.20. The summed E-state index contributed by atoms with van der Waals surface area (Å²) in [5.74, 6) is 2.18. The molecule has 0 N–H and O–H groups in total. The SMILES string of the molecule is c1cc(CN2CCC[C@H]2c2noc(C3CC3)n2)no1. The van der Waals surface area contributed by atoms with Gasteiger partial charge in [-0.15, -0.1) is 0 Å². The van der Waals surface area contributed by atoms with E-state index in [1.165, 1.54) is 12.8 Å². The van der Waals surface area contributed by atoms with Gasteiger partial charge in [0.15, 0.2) is 5.82 Å². The van der Waals surface area contributed by atoms with Crippen molar-refractivity contribution < 1.29 is 9.05 Å². The first-order chi connectivity index (χ1) is 9.40. The molecular weight excluding hydrogens is 244 g/mol. The Kier molecular flexibility index (Phi) is 2.61. The predicted molar refractivity (Wildman–Crippen MR) is 65.2 cm³/mol. The molecule has 2 aliphatic rings. The topological polar surface area (TPSA) is 68.2 Å². The molecule has 1 aliphatic carbocycles. The van der Waals surface area contributed by atoms with Crippen LogP contribution in [0.4, 0.5) is 0 Å². The van der Waals surface area contributed by atoms with Crippen LogP contribution in [0.2, 0.25) is 0 Å². The Morgan fingerprint density at radius 2 is 2.21 bits per heavy atom. The first kappa shape index (κ1) is 11.2. The molecule has 2 aromatic heterocycles. The van der Waals surface area contributed by atoms with Crippen molar-refractivity contribution in [1.29, 1.82) is 0 Å². The van der Waals surface area contributed by atoms with Crippen molar-refractivity contribution in [3.8, 4) is 0 Å². The van der Waals surface area contributed by atoms with Gasteiger partial charge < -0.3 is 9.05 Å². The molecule has 2 aromatic rings. The fraction of sp³-hybridized carbons (Fsp3) is 0.615. The van der Waals surface area contributed by atoms with E-state index in [4.69, 9.17) is 9.05 Å². The molecule has 1 saturated heterocycles. The van der Waals surface area contributed by atoms with E-state index in [2.05, 4.69) is 20.2 Å². The molecule has 1 atom stereocenters. The predicted octanol–water partition coefficient (Wildman–Crippen LogP) is 2.27. The zero-order chi connectivity index (χ0) is 12.7. The number of nitrogens with zero attached hydrogens (tertiary/aromatic N) is 4. The fourth-order valence-corrected chi connectivity index (χ4v) is 2.71. The summed E-state index contributed by atoms with van der Waals surface area (Å²) >= 11 is 0. The average molecular weight is 260 g/mol. The van der Waals surface area contributed by atoms with Crippen molar-refractivity contribution in [2.75, 3.05) is 6.54 Å². The summed E-state index contributed by atoms with van der Waals surface area (Å²) in [4.78, 5) is 6.92. The molecular formula is C13H16N4O2. The Morgan fingerprint density at radius 1 is 1.26 bits per heavy atom. The van der Waals surface area contributed by atoms with E-state index < -0.39 is 0 Å². The minimum Gasteiger partial charge on any atom is -0.364 e. The summed E-state index contributed by atoms with van der Waals surface area (Å²) in [6.45, 7) is 1.83. The molecule has 19 heavy (non-hydrogen) atoms. The van der Waals surface area contributed by atoms with E-state index in [1.54, 1.807) is 6.26 Å². The molecule has 0 radical (unpaired) electrons. The summed E-state index contributed by atoms with van der Waals surface area (Å²) in [5, 5.41) is 8.14. The maximum atomic E-state index is 5.36. The van der Waals surface area contributed by atoms with Crippen LogP contribution in [0.3, 0.4) is 0 Å². The molecule has 0 bridgehead atoms. The van der Waals surface area contributed by atoms with Crippen LogP contribution >= 0.6 is 0 Å². The minimum absolute atomic E-state index is 0.257. The molecule has 4 rings (SSSR count). The fourth-order valence-electron chi connectivity index (χ4n) is 2.71. The van der Waals surface area contributed by atoms with Crippen molar-refractivity contribution in [2.45, 2.75) is 44.2 Å². The zero-order valence-electron chi connectivity index (χ0n) is 10.7. The molecule has 100 valence electrons. The van der Waals surface area contributed by atoms with Gasteiger partial charge in [-0.05, 0) is 32.2 Å². The number of aromatic nitrogens is 3. The summed E-state index contributed by atoms with van der Waals surface area (Å²) in [6.07, 6.45) is 6.24. The molecule has 0 amide bonds. The quantitative estimate of drug-likeness (QED) is 0.840. The van der Waals surface area contributed by atoms with Crippen LogP contribution in [-0.4, -0.2) is 26.7 Å². The van der Waals surface area contributed by atoms with E-state index in [9.17, 15) is 0 Å². The third-order valence-corrected chi connectivity index (χ3v) is 3.90. The molecule has 6 heteroatoms. The highest BCUT2D eigenvalue weighted by atomic mass is 16.5. The number of likely N-dealkylation sites (tertiary alicyclic amines) is 1. The van der Waals surface area contributed by atoms with Crippen LogP contribution in [-0.2, 0) is 6.54 Å². The van der Waals surface area contributed by atoms with E-state index in [1.807, 2.05) is 6.07 Å². The number of hydrogen-bond acceptors (Lipinski definition) is 6. The maximum Gasteiger partial charge on any atom is 0.229 e. The average Bonchev–Trinajstić information content (AvgIpc) is 2.89. The second-order valence-electron chi connectivity index (χ2n) is 5.38. The van der Waals surface area contributed by atoms with Gasteiger partial charge in [0, 0.05) is 18.5 Å². The maximum absolute atomic E-state index is 5.36. The molecule has 0 spiro atoms. The van der Waals surface area contributed by atoms with Crippen LogP contribution in [0.25, 0.3) is 0 Å². The van der Waals surface area contributed by atoms with Crippen LogP contribution in [0.5, 0.6) is 0 Å². The largest absolute Gasteiger partial charge is 0.364 e. The summed E-state index contributed by atoms with van der Waals surface area (Å²) in [7, 11) is 0. The van der Waals surface area contributed by atoms with Gasteiger partial charge in [-0.2, -0.15) is 4.98 Å². The molecule has 0 aromatic carbocycles. The summed E-state index contributed by atoms with van der Waals surface area (Å²) < 4.78 is 10.2. The Morgan fingerprint density at radius 3 is 3.00 bits per heavy atom. The van der Waals surface area contributed by atoms with Gasteiger partial charge in [0.05, 0.1) is 11.7 Å². The van der Waals surface area contributed by atoms with Gasteiger partial charge in [0.25, 0.3) is 0 Å². The minimum atomic E-state index is 0.257. The van der Waals surface area contributed by atoms with Crippen molar-refractivity contribution in [3.05, 3.63) is 29.7 Å². The highest BCUT2D eigenvalue weighted by molar-refractivity contribution is 5.06. The van der Waals surface area contributed by atoms with Gasteiger partial charge in [0.2, 0.25) is 5.89 Å². The number of rotatable bonds is 4. The Bertz CT molecular complexity index is 547. The van der Waals surface area contributed by atoms with Crippen molar-refractivity contribution in [3.63, 3.8) is 0 Å². The van der Waals surface area contributed by atoms with E-state index in [0.29, 0.717) is 5.92 Å². The highest BCUT2D eigenvalue weighted by Crippen LogP contribution is 2.40. The summed E-state index contributed by atoms with van der Waals surface area (Å²) in [5.41, 5.74) is 0.956. The molecule has 1 saturated carbocycles. The van der Waals surface area contributed by atoms with Crippen LogP contribution in [0, 0.1) is 0 Å². The van der Waals surface area contributed by atoms with Crippen molar-refractivity contribution in [1.82, 2.24) is 20.2 Å². The number of hydrogen-bond donors (Lipinski definition) is 0. The van der Waals surface area contributed by atoms with Crippen molar-refractivity contribution >= 4 is 0 Å². The first-order valence-corrected chi connectivity index (χ1v) is 6.87. The lowest BCUT2D eigenvalue weighted by Crippen LogP contribution is -2.23. The van der Waals surface area contributed by atoms with Crippen LogP contribution in [0.1, 0.15) is 55.1 Å². The lowest BCUT2D eigenvalue weighted by atomic mass is 10.2. The second kappa shape index (κ2) is 4.45. The van der Waals surface area contributed by atoms with Gasteiger partial charge in [-0.3, -0.25) is 4.90 Å². The smallest absolute Gasteiger partial charge is 0.229 e. The third kappa shape index (κ3) is 2.16. The molecule has 0 unspecified atom stereocenters. The molecule has 6 nitrogen and oxygen atoms in total. The normalized spacial score (nSPS) is 24.1. The van der Waals surface area contributed by atoms with Crippen molar-refractivity contribution in [2.24, 2.45) is 0 Å². The highest BCUT2D eigenvalue weighted by Gasteiger charge is 2.34. The van der Waals surface area contributed by atoms with Gasteiger partial charge >= 0.3 is 0 Å². The van der Waals surface area contributed by atoms with E-state index in [-0.39, 0.29) is 6.04 Å². The Balaban J connectivity index is 1.51. The first-order valence-electron chi connectivity index (χ1n) is 6.87. The van der Waals surface area contributed by atoms with E-state index >= 15 is 0 Å². The zero-order valence-corrected chi connectivity index (χ0v) is 10.7. The van der Waals surface area contributed by atoms with Gasteiger partial charge in [-0.1, -0.05) is 10.3 Å². The van der Waals surface area contributed by atoms with Crippen LogP contribution in [0.15, 0.2) is 21.4 Å². The summed E-state index contributed by atoms with van der Waals surface area (Å²) in [6, 6.07) is 2.16. The van der Waals surface area contributed by atoms with E-state index in [0.717, 1.165) is 43.3 Å². The molecule has 3 heterocycles. The lowest BCUT2D eigenvalue weighted by molar-refractivity contribution is 0.227. The van der Waals surface area contributed by atoms with Gasteiger partial charge in [0.1, 0.15) is 6.26 Å².